The lowest BCUT2D eigenvalue weighted by Crippen LogP contribution is -2.45. The van der Waals surface area contributed by atoms with Crippen LogP contribution in [-0.2, 0) is 10.3 Å². The van der Waals surface area contributed by atoms with Gasteiger partial charge in [-0.1, -0.05) is 13.0 Å². The first-order valence-corrected chi connectivity index (χ1v) is 6.51. The summed E-state index contributed by atoms with van der Waals surface area (Å²) in [5.74, 6) is -0.289. The lowest BCUT2D eigenvalue weighted by molar-refractivity contribution is -0.157. The second-order valence-electron chi connectivity index (χ2n) is 5.63. The van der Waals surface area contributed by atoms with E-state index >= 15 is 0 Å². The minimum Gasteiger partial charge on any atom is -0.385 e. The molecular formula is C15H21FO2. The van der Waals surface area contributed by atoms with Gasteiger partial charge in [-0.2, -0.15) is 0 Å². The Morgan fingerprint density at radius 2 is 2.11 bits per heavy atom. The molecule has 0 saturated carbocycles. The predicted octanol–water partition coefficient (Wildman–Crippen LogP) is 3.30. The van der Waals surface area contributed by atoms with E-state index in [1.165, 1.54) is 12.1 Å². The van der Waals surface area contributed by atoms with Crippen molar-refractivity contribution >= 4 is 0 Å². The number of hydrogen-bond donors (Lipinski definition) is 1. The van der Waals surface area contributed by atoms with E-state index < -0.39 is 5.60 Å². The average molecular weight is 252 g/mol. The van der Waals surface area contributed by atoms with Gasteiger partial charge >= 0.3 is 0 Å². The maximum absolute atomic E-state index is 13.5. The minimum absolute atomic E-state index is 0.289. The van der Waals surface area contributed by atoms with Crippen molar-refractivity contribution < 1.29 is 14.2 Å². The van der Waals surface area contributed by atoms with Gasteiger partial charge in [0.1, 0.15) is 5.82 Å². The first-order valence-electron chi connectivity index (χ1n) is 6.51. The smallest absolute Gasteiger partial charge is 0.123 e. The fraction of sp³-hybridized carbons (Fsp3) is 0.600. The largest absolute Gasteiger partial charge is 0.385 e. The number of aliphatic hydroxyl groups is 1. The second kappa shape index (κ2) is 4.63. The van der Waals surface area contributed by atoms with Crippen LogP contribution in [0.2, 0.25) is 0 Å². The summed E-state index contributed by atoms with van der Waals surface area (Å²) in [7, 11) is 0. The summed E-state index contributed by atoms with van der Waals surface area (Å²) >= 11 is 0. The number of benzene rings is 1. The molecule has 18 heavy (non-hydrogen) atoms. The van der Waals surface area contributed by atoms with E-state index in [1.807, 2.05) is 26.8 Å². The molecule has 0 amide bonds. The number of ether oxygens (including phenoxy) is 1. The van der Waals surface area contributed by atoms with Crippen molar-refractivity contribution in [3.63, 3.8) is 0 Å². The average Bonchev–Trinajstić information content (AvgIpc) is 2.27. The first-order chi connectivity index (χ1) is 8.37. The molecule has 1 aliphatic heterocycles. The van der Waals surface area contributed by atoms with Crippen molar-refractivity contribution in [3.8, 4) is 0 Å². The Morgan fingerprint density at radius 1 is 1.39 bits per heavy atom. The third-order valence-corrected chi connectivity index (χ3v) is 3.96. The summed E-state index contributed by atoms with van der Waals surface area (Å²) < 4.78 is 19.2. The van der Waals surface area contributed by atoms with Gasteiger partial charge in [0, 0.05) is 12.8 Å². The highest BCUT2D eigenvalue weighted by atomic mass is 19.1. The molecule has 1 aliphatic rings. The number of aryl methyl sites for hydroxylation is 1. The molecule has 0 radical (unpaired) electrons. The number of halogens is 1. The number of hydrogen-bond acceptors (Lipinski definition) is 2. The molecule has 2 atom stereocenters. The van der Waals surface area contributed by atoms with Crippen molar-refractivity contribution in [3.05, 3.63) is 35.1 Å². The fourth-order valence-corrected chi connectivity index (χ4v) is 2.70. The van der Waals surface area contributed by atoms with Crippen molar-refractivity contribution in [2.24, 2.45) is 0 Å². The van der Waals surface area contributed by atoms with Crippen LogP contribution in [0.1, 0.15) is 44.2 Å². The van der Waals surface area contributed by atoms with E-state index in [1.54, 1.807) is 0 Å². The Balaban J connectivity index is 2.35. The maximum atomic E-state index is 13.5. The van der Waals surface area contributed by atoms with E-state index in [-0.39, 0.29) is 11.4 Å². The highest BCUT2D eigenvalue weighted by Crippen LogP contribution is 2.41. The van der Waals surface area contributed by atoms with E-state index in [2.05, 4.69) is 0 Å². The highest BCUT2D eigenvalue weighted by Gasteiger charge is 2.42. The number of rotatable bonds is 2. The van der Waals surface area contributed by atoms with Gasteiger partial charge < -0.3 is 9.84 Å². The molecule has 1 fully saturated rings. The van der Waals surface area contributed by atoms with Gasteiger partial charge in [-0.05, 0) is 43.5 Å². The normalized spacial score (nSPS) is 32.5. The van der Waals surface area contributed by atoms with Crippen molar-refractivity contribution in [2.45, 2.75) is 51.2 Å². The van der Waals surface area contributed by atoms with Crippen molar-refractivity contribution in [1.82, 2.24) is 0 Å². The zero-order valence-corrected chi connectivity index (χ0v) is 11.3. The molecule has 1 saturated heterocycles. The SMILES string of the molecule is CCC1(C)CC(O)(c2cc(C)cc(F)c2)CCO1. The Hall–Kier alpha value is -0.930. The molecule has 3 heteroatoms. The molecule has 2 nitrogen and oxygen atoms in total. The third kappa shape index (κ3) is 2.57. The minimum atomic E-state index is -0.976. The van der Waals surface area contributed by atoms with E-state index in [0.717, 1.165) is 12.0 Å². The Kier molecular flexibility index (Phi) is 3.47. The maximum Gasteiger partial charge on any atom is 0.123 e. The molecule has 1 aromatic rings. The van der Waals surface area contributed by atoms with E-state index in [9.17, 15) is 9.50 Å². The van der Waals surface area contributed by atoms with Gasteiger partial charge in [0.25, 0.3) is 0 Å². The zero-order chi connectivity index (χ0) is 13.4. The molecule has 1 aromatic carbocycles. The quantitative estimate of drug-likeness (QED) is 0.875. The predicted molar refractivity (Wildman–Crippen MR) is 68.9 cm³/mol. The molecule has 2 unspecified atom stereocenters. The molecule has 0 aliphatic carbocycles. The molecule has 2 rings (SSSR count). The van der Waals surface area contributed by atoms with Crippen molar-refractivity contribution in [1.29, 1.82) is 0 Å². The van der Waals surface area contributed by atoms with Gasteiger partial charge in [-0.3, -0.25) is 0 Å². The van der Waals surface area contributed by atoms with Crippen LogP contribution in [0.3, 0.4) is 0 Å². The van der Waals surface area contributed by atoms with Gasteiger partial charge in [0.15, 0.2) is 0 Å². The molecule has 0 bridgehead atoms. The van der Waals surface area contributed by atoms with E-state index in [4.69, 9.17) is 4.74 Å². The molecular weight excluding hydrogens is 231 g/mol. The van der Waals surface area contributed by atoms with Crippen molar-refractivity contribution in [2.75, 3.05) is 6.61 Å². The van der Waals surface area contributed by atoms with Crippen LogP contribution in [-0.4, -0.2) is 17.3 Å². The standard InChI is InChI=1S/C15H21FO2/c1-4-14(3)10-15(17,5-6-18-14)12-7-11(2)8-13(16)9-12/h7-9,17H,4-6,10H2,1-3H3. The van der Waals surface area contributed by atoms with Gasteiger partial charge in [-0.25, -0.2) is 4.39 Å². The molecule has 1 heterocycles. The monoisotopic (exact) mass is 252 g/mol. The Bertz CT molecular complexity index is 426. The Morgan fingerprint density at radius 3 is 2.72 bits per heavy atom. The summed E-state index contributed by atoms with van der Waals surface area (Å²) in [6.45, 7) is 6.40. The van der Waals surface area contributed by atoms with Crippen LogP contribution in [0.5, 0.6) is 0 Å². The van der Waals surface area contributed by atoms with Crippen LogP contribution >= 0.6 is 0 Å². The van der Waals surface area contributed by atoms with Gasteiger partial charge in [0.05, 0.1) is 17.8 Å². The lowest BCUT2D eigenvalue weighted by Gasteiger charge is -2.43. The van der Waals surface area contributed by atoms with Crippen LogP contribution < -0.4 is 0 Å². The lowest BCUT2D eigenvalue weighted by atomic mass is 9.77. The molecule has 0 aromatic heterocycles. The fourth-order valence-electron chi connectivity index (χ4n) is 2.70. The van der Waals surface area contributed by atoms with Gasteiger partial charge in [0.2, 0.25) is 0 Å². The molecule has 100 valence electrons. The Labute approximate surface area is 108 Å². The molecule has 1 N–H and O–H groups in total. The zero-order valence-electron chi connectivity index (χ0n) is 11.3. The molecule has 0 spiro atoms. The van der Waals surface area contributed by atoms with Gasteiger partial charge in [-0.15, -0.1) is 0 Å². The summed E-state index contributed by atoms with van der Waals surface area (Å²) in [4.78, 5) is 0. The van der Waals surface area contributed by atoms with Crippen LogP contribution in [0.25, 0.3) is 0 Å². The van der Waals surface area contributed by atoms with Crippen LogP contribution in [0.15, 0.2) is 18.2 Å². The summed E-state index contributed by atoms with van der Waals surface area (Å²) in [5.41, 5.74) is 0.203. The summed E-state index contributed by atoms with van der Waals surface area (Å²) in [5, 5.41) is 10.8. The van der Waals surface area contributed by atoms with E-state index in [0.29, 0.717) is 25.0 Å². The highest BCUT2D eigenvalue weighted by molar-refractivity contribution is 5.29. The van der Waals surface area contributed by atoms with Crippen LogP contribution in [0.4, 0.5) is 4.39 Å². The second-order valence-corrected chi connectivity index (χ2v) is 5.63. The first kappa shape index (κ1) is 13.5. The van der Waals surface area contributed by atoms with Crippen LogP contribution in [0, 0.1) is 12.7 Å². The summed E-state index contributed by atoms with van der Waals surface area (Å²) in [6.07, 6.45) is 1.87. The topological polar surface area (TPSA) is 29.5 Å². The third-order valence-electron chi connectivity index (χ3n) is 3.96. The summed E-state index contributed by atoms with van der Waals surface area (Å²) in [6, 6.07) is 4.78.